The summed E-state index contributed by atoms with van der Waals surface area (Å²) >= 11 is 0. The second-order valence-electron chi connectivity index (χ2n) is 7.49. The Hall–Kier alpha value is -2.41. The molecule has 0 unspecified atom stereocenters. The minimum Gasteiger partial charge on any atom is -0.491 e. The van der Waals surface area contributed by atoms with Gasteiger partial charge in [0.1, 0.15) is 12.5 Å². The van der Waals surface area contributed by atoms with E-state index in [1.54, 1.807) is 0 Å². The number of nitrogens with two attached hydrogens (primary N) is 1. The number of aliphatic hydroxyl groups is 2. The Morgan fingerprint density at radius 2 is 1.62 bits per heavy atom. The van der Waals surface area contributed by atoms with Gasteiger partial charge < -0.3 is 30.8 Å². The second kappa shape index (κ2) is 19.3. The number of aliphatic hydroxyl groups excluding tert-OH is 2. The first-order chi connectivity index (χ1) is 15.6. The molecule has 6 heteroatoms. The molecule has 0 radical (unpaired) electrons. The molecule has 0 bridgehead atoms. The molecule has 0 aliphatic heterocycles. The van der Waals surface area contributed by atoms with E-state index in [2.05, 4.69) is 49.5 Å². The molecular weight excluding hydrogens is 404 g/mol. The Kier molecular flexibility index (Phi) is 17.8. The summed E-state index contributed by atoms with van der Waals surface area (Å²) < 4.78 is 5.94. The average molecular weight is 447 g/mol. The molecule has 2 rings (SSSR count). The summed E-state index contributed by atoms with van der Waals surface area (Å²) in [5, 5.41) is 19.1. The number of anilines is 1. The van der Waals surface area contributed by atoms with Crippen LogP contribution in [0.15, 0.2) is 36.4 Å². The highest BCUT2D eigenvalue weighted by Gasteiger charge is 2.08. The Labute approximate surface area is 193 Å². The zero-order valence-corrected chi connectivity index (χ0v) is 20.0. The van der Waals surface area contributed by atoms with Gasteiger partial charge in [-0.15, -0.1) is 0 Å². The molecule has 0 atom stereocenters. The van der Waals surface area contributed by atoms with E-state index < -0.39 is 0 Å². The van der Waals surface area contributed by atoms with E-state index in [9.17, 15) is 0 Å². The van der Waals surface area contributed by atoms with Crippen molar-refractivity contribution in [3.05, 3.63) is 58.7 Å². The maximum Gasteiger partial charge on any atom is 0.145 e. The Morgan fingerprint density at radius 3 is 2.22 bits per heavy atom. The Bertz CT molecular complexity index is 697. The number of nitrogen functional groups attached to an aromatic ring is 1. The van der Waals surface area contributed by atoms with Gasteiger partial charge in [0.25, 0.3) is 0 Å². The topological polar surface area (TPSA) is 105 Å². The van der Waals surface area contributed by atoms with Crippen molar-refractivity contribution in [2.24, 2.45) is 0 Å². The highest BCUT2D eigenvalue weighted by molar-refractivity contribution is 5.59. The van der Waals surface area contributed by atoms with Crippen LogP contribution in [0.4, 0.5) is 5.69 Å². The van der Waals surface area contributed by atoms with Crippen LogP contribution in [0, 0.1) is 6.92 Å². The van der Waals surface area contributed by atoms with Crippen molar-refractivity contribution in [2.75, 3.05) is 32.6 Å². The molecule has 2 aromatic rings. The van der Waals surface area contributed by atoms with Crippen LogP contribution in [0.5, 0.6) is 5.75 Å². The third-order valence-electron chi connectivity index (χ3n) is 4.88. The maximum atomic E-state index is 8.81. The number of carbonyl (C=O) groups excluding carboxylic acids is 1. The van der Waals surface area contributed by atoms with Crippen LogP contribution < -0.4 is 15.8 Å². The van der Waals surface area contributed by atoms with Gasteiger partial charge >= 0.3 is 0 Å². The van der Waals surface area contributed by atoms with Crippen LogP contribution in [0.25, 0.3) is 0 Å². The molecule has 0 fully saturated rings. The quantitative estimate of drug-likeness (QED) is 0.274. The lowest BCUT2D eigenvalue weighted by molar-refractivity contribution is -0.0980. The Morgan fingerprint density at radius 1 is 0.969 bits per heavy atom. The predicted molar refractivity (Wildman–Crippen MR) is 133 cm³/mol. The third kappa shape index (κ3) is 11.8. The fourth-order valence-electron chi connectivity index (χ4n) is 3.33. The van der Waals surface area contributed by atoms with E-state index in [4.69, 9.17) is 25.5 Å². The van der Waals surface area contributed by atoms with E-state index in [1.165, 1.54) is 36.0 Å². The zero-order chi connectivity index (χ0) is 24.2. The highest BCUT2D eigenvalue weighted by Crippen LogP contribution is 2.29. The summed E-state index contributed by atoms with van der Waals surface area (Å²) in [6, 6.07) is 12.9. The third-order valence-corrected chi connectivity index (χ3v) is 4.88. The van der Waals surface area contributed by atoms with Crippen molar-refractivity contribution in [1.29, 1.82) is 0 Å². The van der Waals surface area contributed by atoms with Crippen molar-refractivity contribution >= 4 is 12.5 Å². The monoisotopic (exact) mass is 446 g/mol. The lowest BCUT2D eigenvalue weighted by Gasteiger charge is -2.14. The average Bonchev–Trinajstić information content (AvgIpc) is 2.82. The molecule has 0 aromatic heterocycles. The summed E-state index contributed by atoms with van der Waals surface area (Å²) in [7, 11) is 1.00. The van der Waals surface area contributed by atoms with Crippen molar-refractivity contribution in [2.45, 2.75) is 58.9 Å². The first-order valence-corrected chi connectivity index (χ1v) is 11.3. The summed E-state index contributed by atoms with van der Waals surface area (Å²) in [4.78, 5) is 8.00. The highest BCUT2D eigenvalue weighted by atomic mass is 16.5. The fraction of sp³-hybridized carbons (Fsp3) is 0.500. The van der Waals surface area contributed by atoms with Gasteiger partial charge in [0.2, 0.25) is 0 Å². The molecule has 6 nitrogen and oxygen atoms in total. The normalized spacial score (nSPS) is 9.91. The maximum absolute atomic E-state index is 8.81. The van der Waals surface area contributed by atoms with Crippen molar-refractivity contribution in [3.63, 3.8) is 0 Å². The first kappa shape index (κ1) is 29.6. The van der Waals surface area contributed by atoms with E-state index in [1.807, 2.05) is 12.9 Å². The van der Waals surface area contributed by atoms with E-state index >= 15 is 0 Å². The first-order valence-electron chi connectivity index (χ1n) is 11.3. The van der Waals surface area contributed by atoms with E-state index in [0.29, 0.717) is 0 Å². The summed E-state index contributed by atoms with van der Waals surface area (Å²) in [5.41, 5.74) is 11.8. The molecule has 32 heavy (non-hydrogen) atoms. The zero-order valence-electron chi connectivity index (χ0n) is 20.0. The van der Waals surface area contributed by atoms with E-state index in [0.717, 1.165) is 63.1 Å². The molecule has 0 spiro atoms. The van der Waals surface area contributed by atoms with Crippen molar-refractivity contribution < 1.29 is 19.7 Å². The molecule has 0 aliphatic rings. The standard InChI is InChI=1S/C24H36N2O2.CH4O.CH2O/c1-3-4-5-6-14-28-24-19(2)15-22(17-23(24)25)16-20-8-10-21(11-9-20)18-26-12-7-13-27;2*1-2/h8-11,15,17,26-27H,3-7,12-14,16,18,25H2,1-2H3;2H,1H3;1H2. The molecule has 0 saturated carbocycles. The summed E-state index contributed by atoms with van der Waals surface area (Å²) in [5.74, 6) is 0.838. The molecule has 0 saturated heterocycles. The number of hydrogen-bond donors (Lipinski definition) is 4. The second-order valence-corrected chi connectivity index (χ2v) is 7.49. The minimum absolute atomic E-state index is 0.233. The van der Waals surface area contributed by atoms with Gasteiger partial charge in [-0.1, -0.05) is 56.5 Å². The SMILES string of the molecule is C=O.CCCCCCOc1c(C)cc(Cc2ccc(CNCCCO)cc2)cc1N.CO. The number of carbonyl (C=O) groups is 1. The van der Waals surface area contributed by atoms with Crippen molar-refractivity contribution in [1.82, 2.24) is 5.32 Å². The molecule has 0 aliphatic carbocycles. The van der Waals surface area contributed by atoms with Gasteiger partial charge in [0.05, 0.1) is 12.3 Å². The van der Waals surface area contributed by atoms with Crippen LogP contribution in [-0.2, 0) is 17.8 Å². The van der Waals surface area contributed by atoms with Crippen LogP contribution in [0.3, 0.4) is 0 Å². The number of rotatable bonds is 13. The summed E-state index contributed by atoms with van der Waals surface area (Å²) in [6.45, 7) is 8.92. The Balaban J connectivity index is 0.00000227. The van der Waals surface area contributed by atoms with Crippen LogP contribution >= 0.6 is 0 Å². The predicted octanol–water partition coefficient (Wildman–Crippen LogP) is 4.02. The van der Waals surface area contributed by atoms with Crippen molar-refractivity contribution in [3.8, 4) is 5.75 Å². The number of benzene rings is 2. The van der Waals surface area contributed by atoms with Gasteiger partial charge in [-0.2, -0.15) is 0 Å². The summed E-state index contributed by atoms with van der Waals surface area (Å²) in [6.07, 6.45) is 6.43. The lowest BCUT2D eigenvalue weighted by Crippen LogP contribution is -2.15. The van der Waals surface area contributed by atoms with Crippen LogP contribution in [0.2, 0.25) is 0 Å². The molecule has 0 amide bonds. The van der Waals surface area contributed by atoms with Gasteiger partial charge in [-0.3, -0.25) is 0 Å². The number of aryl methyl sites for hydroxylation is 1. The van der Waals surface area contributed by atoms with Crippen LogP contribution in [-0.4, -0.2) is 43.9 Å². The minimum atomic E-state index is 0.233. The number of hydrogen-bond acceptors (Lipinski definition) is 6. The van der Waals surface area contributed by atoms with Gasteiger partial charge in [0.15, 0.2) is 0 Å². The van der Waals surface area contributed by atoms with E-state index in [-0.39, 0.29) is 6.61 Å². The molecule has 180 valence electrons. The van der Waals surface area contributed by atoms with Crippen LogP contribution in [0.1, 0.15) is 61.3 Å². The largest absolute Gasteiger partial charge is 0.491 e. The molecule has 2 aromatic carbocycles. The fourth-order valence-corrected chi connectivity index (χ4v) is 3.33. The molecular formula is C26H42N2O4. The van der Waals surface area contributed by atoms with Gasteiger partial charge in [-0.25, -0.2) is 0 Å². The number of unbranched alkanes of at least 4 members (excludes halogenated alkanes) is 3. The lowest BCUT2D eigenvalue weighted by atomic mass is 10.0. The van der Waals surface area contributed by atoms with Gasteiger partial charge in [-0.05, 0) is 61.1 Å². The molecule has 5 N–H and O–H groups in total. The number of ether oxygens (including phenoxy) is 1. The number of nitrogens with one attached hydrogen (secondary N) is 1. The van der Waals surface area contributed by atoms with Gasteiger partial charge in [0, 0.05) is 20.3 Å². The smallest absolute Gasteiger partial charge is 0.145 e. The molecule has 0 heterocycles.